The summed E-state index contributed by atoms with van der Waals surface area (Å²) in [6, 6.07) is 10.8. The third-order valence-electron chi connectivity index (χ3n) is 6.10. The molecule has 0 saturated carbocycles. The minimum absolute atomic E-state index is 0.213. The molecule has 0 spiro atoms. The minimum atomic E-state index is -0.213. The number of allylic oxidation sites excluding steroid dienone is 1. The number of aromatic nitrogens is 4. The number of morpholine rings is 1. The summed E-state index contributed by atoms with van der Waals surface area (Å²) in [6.45, 7) is 6.85. The molecule has 1 saturated heterocycles. The number of hydrogen-bond acceptors (Lipinski definition) is 10. The average molecular weight is 504 g/mol. The van der Waals surface area contributed by atoms with Gasteiger partial charge in [-0.2, -0.15) is 5.10 Å². The molecule has 3 aromatic rings. The van der Waals surface area contributed by atoms with E-state index in [4.69, 9.17) is 9.47 Å². The molecule has 4 heterocycles. The van der Waals surface area contributed by atoms with Crippen LogP contribution in [0.3, 0.4) is 0 Å². The summed E-state index contributed by atoms with van der Waals surface area (Å²) < 4.78 is 12.6. The third-order valence-corrected chi connectivity index (χ3v) is 6.10. The fourth-order valence-corrected chi connectivity index (χ4v) is 4.03. The zero-order chi connectivity index (χ0) is 25.6. The molecular weight excluding hydrogens is 474 g/mol. The predicted octanol–water partition coefficient (Wildman–Crippen LogP) is 2.30. The first-order valence-electron chi connectivity index (χ1n) is 12.1. The Labute approximate surface area is 214 Å². The lowest BCUT2D eigenvalue weighted by Crippen LogP contribution is -2.38. The highest BCUT2D eigenvalue weighted by Crippen LogP contribution is 2.20. The van der Waals surface area contributed by atoms with E-state index in [-0.39, 0.29) is 12.1 Å². The van der Waals surface area contributed by atoms with Crippen LogP contribution in [0, 0.1) is 0 Å². The van der Waals surface area contributed by atoms with Crippen LogP contribution in [-0.2, 0) is 11.3 Å². The number of rotatable bonds is 8. The first-order chi connectivity index (χ1) is 18.0. The summed E-state index contributed by atoms with van der Waals surface area (Å²) in [7, 11) is 0. The summed E-state index contributed by atoms with van der Waals surface area (Å²) in [5.74, 6) is 1.76. The fraction of sp³-hybridized carbons (Fsp3) is 0.308. The molecule has 0 amide bonds. The highest BCUT2D eigenvalue weighted by atomic mass is 16.5. The Morgan fingerprint density at radius 3 is 2.68 bits per heavy atom. The highest BCUT2D eigenvalue weighted by Gasteiger charge is 2.13. The number of ether oxygens (including phenoxy) is 2. The van der Waals surface area contributed by atoms with Crippen molar-refractivity contribution in [3.63, 3.8) is 0 Å². The number of nitrogens with zero attached hydrogens (tertiary/aromatic N) is 7. The maximum absolute atomic E-state index is 12.5. The van der Waals surface area contributed by atoms with Crippen LogP contribution in [-0.4, -0.2) is 74.4 Å². The van der Waals surface area contributed by atoms with Crippen molar-refractivity contribution in [2.45, 2.75) is 13.5 Å². The van der Waals surface area contributed by atoms with Crippen LogP contribution in [0.1, 0.15) is 12.5 Å². The van der Waals surface area contributed by atoms with Crippen molar-refractivity contribution in [1.82, 2.24) is 29.7 Å². The molecule has 2 aliphatic rings. The van der Waals surface area contributed by atoms with E-state index in [9.17, 15) is 10.0 Å². The van der Waals surface area contributed by atoms with Gasteiger partial charge in [-0.05, 0) is 24.6 Å². The van der Waals surface area contributed by atoms with E-state index < -0.39 is 0 Å². The fourth-order valence-electron chi connectivity index (χ4n) is 4.03. The van der Waals surface area contributed by atoms with Gasteiger partial charge in [0.2, 0.25) is 0 Å². The molecule has 11 nitrogen and oxygen atoms in total. The standard InChI is InChI=1S/C26H29N7O4/c1-20-18-31(7-8-33(20)35)24-5-6-25(34)32(29-24)19-21-3-2-4-22(15-21)26-27-16-23(17-28-26)37-14-11-30-9-12-36-13-10-30/h2-8,15-18,35H,9-14,19H2,1H3. The van der Waals surface area contributed by atoms with Gasteiger partial charge in [0.15, 0.2) is 17.4 Å². The molecule has 11 heteroatoms. The number of hydrogen-bond donors (Lipinski definition) is 1. The third kappa shape index (κ3) is 6.20. The molecule has 2 aliphatic heterocycles. The minimum Gasteiger partial charge on any atom is -0.489 e. The molecule has 37 heavy (non-hydrogen) atoms. The Hall–Kier alpha value is -4.06. The Morgan fingerprint density at radius 1 is 1.08 bits per heavy atom. The Bertz CT molecular complexity index is 1330. The summed E-state index contributed by atoms with van der Waals surface area (Å²) in [6.07, 6.45) is 8.26. The smallest absolute Gasteiger partial charge is 0.267 e. The number of benzene rings is 1. The molecule has 2 aromatic heterocycles. The molecule has 0 unspecified atom stereocenters. The second-order valence-electron chi connectivity index (χ2n) is 8.75. The summed E-state index contributed by atoms with van der Waals surface area (Å²) >= 11 is 0. The van der Waals surface area contributed by atoms with E-state index >= 15 is 0 Å². The van der Waals surface area contributed by atoms with Crippen LogP contribution in [0.25, 0.3) is 11.4 Å². The van der Waals surface area contributed by atoms with Gasteiger partial charge in [0, 0.05) is 49.9 Å². The van der Waals surface area contributed by atoms with Crippen LogP contribution in [0.4, 0.5) is 5.82 Å². The molecule has 1 aromatic carbocycles. The molecule has 0 aliphatic carbocycles. The zero-order valence-corrected chi connectivity index (χ0v) is 20.6. The quantitative estimate of drug-likeness (QED) is 0.492. The van der Waals surface area contributed by atoms with E-state index in [2.05, 4.69) is 20.0 Å². The van der Waals surface area contributed by atoms with Crippen LogP contribution in [0.5, 0.6) is 5.75 Å². The van der Waals surface area contributed by atoms with E-state index in [1.165, 1.54) is 16.9 Å². The van der Waals surface area contributed by atoms with Gasteiger partial charge < -0.3 is 14.4 Å². The summed E-state index contributed by atoms with van der Waals surface area (Å²) in [4.78, 5) is 25.5. The second kappa shape index (κ2) is 11.3. The van der Waals surface area contributed by atoms with Crippen LogP contribution in [0.15, 0.2) is 77.9 Å². The van der Waals surface area contributed by atoms with E-state index in [1.807, 2.05) is 24.3 Å². The normalized spacial score (nSPS) is 16.1. The molecule has 0 radical (unpaired) electrons. The van der Waals surface area contributed by atoms with E-state index in [0.29, 0.717) is 29.7 Å². The van der Waals surface area contributed by atoms with Gasteiger partial charge in [0.25, 0.3) is 5.56 Å². The van der Waals surface area contributed by atoms with Gasteiger partial charge in [-0.25, -0.2) is 19.7 Å². The van der Waals surface area contributed by atoms with Gasteiger partial charge in [-0.1, -0.05) is 18.2 Å². The van der Waals surface area contributed by atoms with Crippen molar-refractivity contribution < 1.29 is 14.7 Å². The zero-order valence-electron chi connectivity index (χ0n) is 20.6. The van der Waals surface area contributed by atoms with Crippen LogP contribution >= 0.6 is 0 Å². The van der Waals surface area contributed by atoms with Crippen LogP contribution in [0.2, 0.25) is 0 Å². The lowest BCUT2D eigenvalue weighted by Gasteiger charge is -2.26. The van der Waals surface area contributed by atoms with Gasteiger partial charge in [-0.15, -0.1) is 0 Å². The molecule has 0 atom stereocenters. The van der Waals surface area contributed by atoms with Crippen molar-refractivity contribution in [2.24, 2.45) is 0 Å². The topological polar surface area (TPSA) is 109 Å². The molecule has 1 N–H and O–H groups in total. The Kier molecular flexibility index (Phi) is 7.54. The van der Waals surface area contributed by atoms with Crippen molar-refractivity contribution >= 4 is 5.82 Å². The maximum Gasteiger partial charge on any atom is 0.267 e. The highest BCUT2D eigenvalue weighted by molar-refractivity contribution is 5.56. The first kappa shape index (κ1) is 24.6. The SMILES string of the molecule is CC1=CN(c2ccc(=O)n(Cc3cccc(-c4ncc(OCCN5CCOCC5)cn4)c3)n2)C=CN1O. The van der Waals surface area contributed by atoms with Crippen molar-refractivity contribution in [1.29, 1.82) is 0 Å². The van der Waals surface area contributed by atoms with Crippen molar-refractivity contribution in [3.05, 3.63) is 89.0 Å². The summed E-state index contributed by atoms with van der Waals surface area (Å²) in [5.41, 5.74) is 2.14. The van der Waals surface area contributed by atoms with Crippen molar-refractivity contribution in [3.8, 4) is 17.1 Å². The second-order valence-corrected chi connectivity index (χ2v) is 8.75. The van der Waals surface area contributed by atoms with E-state index in [1.54, 1.807) is 42.7 Å². The van der Waals surface area contributed by atoms with E-state index in [0.717, 1.165) is 49.0 Å². The van der Waals surface area contributed by atoms with Gasteiger partial charge in [-0.3, -0.25) is 14.9 Å². The number of hydroxylamine groups is 2. The Balaban J connectivity index is 1.24. The lowest BCUT2D eigenvalue weighted by molar-refractivity contribution is -0.00552. The largest absolute Gasteiger partial charge is 0.489 e. The predicted molar refractivity (Wildman–Crippen MR) is 137 cm³/mol. The molecular formula is C26H29N7O4. The monoisotopic (exact) mass is 503 g/mol. The van der Waals surface area contributed by atoms with Crippen molar-refractivity contribution in [2.75, 3.05) is 44.4 Å². The molecule has 192 valence electrons. The molecule has 0 bridgehead atoms. The maximum atomic E-state index is 12.5. The molecule has 5 rings (SSSR count). The number of anilines is 1. The van der Waals surface area contributed by atoms with Gasteiger partial charge >= 0.3 is 0 Å². The van der Waals surface area contributed by atoms with Crippen LogP contribution < -0.4 is 15.2 Å². The van der Waals surface area contributed by atoms with Gasteiger partial charge in [0.05, 0.1) is 37.8 Å². The first-order valence-corrected chi connectivity index (χ1v) is 12.1. The molecule has 1 fully saturated rings. The van der Waals surface area contributed by atoms with Gasteiger partial charge in [0.1, 0.15) is 6.61 Å². The lowest BCUT2D eigenvalue weighted by atomic mass is 10.1. The Morgan fingerprint density at radius 2 is 1.89 bits per heavy atom. The average Bonchev–Trinajstić information content (AvgIpc) is 2.93. The summed E-state index contributed by atoms with van der Waals surface area (Å²) in [5, 5.41) is 15.2.